The van der Waals surface area contributed by atoms with Crippen molar-refractivity contribution in [2.45, 2.75) is 31.2 Å². The minimum Gasteiger partial charge on any atom is -0.309 e. The van der Waals surface area contributed by atoms with Crippen LogP contribution in [0, 0.1) is 0 Å². The third-order valence-electron chi connectivity index (χ3n) is 4.43. The largest absolute Gasteiger partial charge is 0.309 e. The Morgan fingerprint density at radius 1 is 1.30 bits per heavy atom. The molecule has 1 amide bonds. The summed E-state index contributed by atoms with van der Waals surface area (Å²) < 4.78 is 1.74. The van der Waals surface area contributed by atoms with E-state index >= 15 is 0 Å². The summed E-state index contributed by atoms with van der Waals surface area (Å²) in [6, 6.07) is 9.98. The maximum atomic E-state index is 11.3. The molecule has 1 aliphatic carbocycles. The van der Waals surface area contributed by atoms with Crippen LogP contribution in [0.2, 0.25) is 5.02 Å². The Balaban J connectivity index is 1.81. The number of carbonyl (C=O) groups excluding carboxylic acids is 1. The zero-order valence-corrected chi connectivity index (χ0v) is 11.7. The Morgan fingerprint density at radius 3 is 2.75 bits per heavy atom. The Morgan fingerprint density at radius 2 is 2.10 bits per heavy atom. The van der Waals surface area contributed by atoms with E-state index in [4.69, 9.17) is 11.6 Å². The molecule has 1 aromatic heterocycles. The summed E-state index contributed by atoms with van der Waals surface area (Å²) in [6.45, 7) is 0.313. The van der Waals surface area contributed by atoms with Crippen LogP contribution in [-0.4, -0.2) is 15.7 Å². The molecule has 2 heterocycles. The Kier molecular flexibility index (Phi) is 2.45. The molecule has 5 heteroatoms. The lowest BCUT2D eigenvalue weighted by molar-refractivity contribution is -0.116. The number of benzene rings is 1. The van der Waals surface area contributed by atoms with E-state index in [0.29, 0.717) is 6.54 Å². The molecule has 0 spiro atoms. The summed E-state index contributed by atoms with van der Waals surface area (Å²) >= 11 is 6.38. The van der Waals surface area contributed by atoms with Gasteiger partial charge in [-0.25, -0.2) is 4.68 Å². The van der Waals surface area contributed by atoms with Crippen molar-refractivity contribution in [1.82, 2.24) is 9.78 Å². The number of nitrogens with one attached hydrogen (secondary N) is 1. The molecular weight excluding hydrogens is 274 g/mol. The fraction of sp³-hybridized carbons (Fsp3) is 0.333. The van der Waals surface area contributed by atoms with E-state index < -0.39 is 0 Å². The van der Waals surface area contributed by atoms with Gasteiger partial charge in [0, 0.05) is 16.5 Å². The standard InChI is InChI=1S/C15H14ClN3O/c16-11-5-2-1-4-10(11)15(6-3-7-15)12-8-13-17-14(20)9-19(13)18-12/h1-2,4-5,8H,3,6-7,9H2,(H,17,20). The summed E-state index contributed by atoms with van der Waals surface area (Å²) in [7, 11) is 0. The molecule has 0 radical (unpaired) electrons. The topological polar surface area (TPSA) is 46.9 Å². The zero-order chi connectivity index (χ0) is 13.7. The first-order valence-electron chi connectivity index (χ1n) is 6.82. The molecule has 2 aliphatic rings. The number of halogens is 1. The molecule has 20 heavy (non-hydrogen) atoms. The maximum absolute atomic E-state index is 11.3. The van der Waals surface area contributed by atoms with Gasteiger partial charge < -0.3 is 5.32 Å². The second-order valence-electron chi connectivity index (χ2n) is 5.54. The van der Waals surface area contributed by atoms with Crippen LogP contribution >= 0.6 is 11.6 Å². The molecule has 1 saturated carbocycles. The minimum absolute atomic E-state index is 0.000507. The number of hydrogen-bond donors (Lipinski definition) is 1. The van der Waals surface area contributed by atoms with E-state index in [1.807, 2.05) is 24.3 Å². The van der Waals surface area contributed by atoms with Crippen LogP contribution in [-0.2, 0) is 16.8 Å². The number of carbonyl (C=O) groups is 1. The van der Waals surface area contributed by atoms with Crippen molar-refractivity contribution < 1.29 is 4.79 Å². The highest BCUT2D eigenvalue weighted by atomic mass is 35.5. The minimum atomic E-state index is -0.0829. The highest BCUT2D eigenvalue weighted by molar-refractivity contribution is 6.31. The number of rotatable bonds is 2. The fourth-order valence-electron chi connectivity index (χ4n) is 3.23. The van der Waals surface area contributed by atoms with Crippen molar-refractivity contribution >= 4 is 23.3 Å². The van der Waals surface area contributed by atoms with Gasteiger partial charge in [-0.05, 0) is 24.5 Å². The van der Waals surface area contributed by atoms with Crippen molar-refractivity contribution in [1.29, 1.82) is 0 Å². The number of amides is 1. The number of nitrogens with zero attached hydrogens (tertiary/aromatic N) is 2. The van der Waals surface area contributed by atoms with E-state index in [1.165, 1.54) is 6.42 Å². The molecule has 2 aromatic rings. The van der Waals surface area contributed by atoms with Crippen LogP contribution < -0.4 is 5.32 Å². The summed E-state index contributed by atoms with van der Waals surface area (Å²) in [6.07, 6.45) is 3.29. The average Bonchev–Trinajstić information content (AvgIpc) is 2.87. The Hall–Kier alpha value is -1.81. The van der Waals surface area contributed by atoms with E-state index in [2.05, 4.69) is 16.5 Å². The molecule has 0 unspecified atom stereocenters. The predicted octanol–water partition coefficient (Wildman–Crippen LogP) is 2.96. The average molecular weight is 288 g/mol. The molecule has 4 nitrogen and oxygen atoms in total. The van der Waals surface area contributed by atoms with Crippen molar-refractivity contribution in [3.8, 4) is 0 Å². The molecule has 0 saturated heterocycles. The molecule has 0 bridgehead atoms. The molecular formula is C15H14ClN3O. The maximum Gasteiger partial charge on any atom is 0.247 e. The van der Waals surface area contributed by atoms with Gasteiger partial charge in [-0.15, -0.1) is 0 Å². The van der Waals surface area contributed by atoms with E-state index in [1.54, 1.807) is 4.68 Å². The second-order valence-corrected chi connectivity index (χ2v) is 5.94. The van der Waals surface area contributed by atoms with Gasteiger partial charge in [-0.1, -0.05) is 36.2 Å². The highest BCUT2D eigenvalue weighted by Gasteiger charge is 2.44. The van der Waals surface area contributed by atoms with Crippen LogP contribution in [0.15, 0.2) is 30.3 Å². The van der Waals surface area contributed by atoms with Crippen LogP contribution in [0.25, 0.3) is 0 Å². The molecule has 1 aromatic carbocycles. The molecule has 102 valence electrons. The Labute approximate surface area is 121 Å². The predicted molar refractivity (Wildman–Crippen MR) is 76.9 cm³/mol. The summed E-state index contributed by atoms with van der Waals surface area (Å²) in [5, 5.41) is 8.26. The van der Waals surface area contributed by atoms with Gasteiger partial charge in [0.15, 0.2) is 0 Å². The van der Waals surface area contributed by atoms with Crippen LogP contribution in [0.3, 0.4) is 0 Å². The lowest BCUT2D eigenvalue weighted by Crippen LogP contribution is -2.36. The van der Waals surface area contributed by atoms with Crippen LogP contribution in [0.1, 0.15) is 30.5 Å². The van der Waals surface area contributed by atoms with Gasteiger partial charge in [0.05, 0.1) is 5.69 Å². The van der Waals surface area contributed by atoms with E-state index in [0.717, 1.165) is 34.9 Å². The molecule has 1 aliphatic heterocycles. The second kappa shape index (κ2) is 4.09. The van der Waals surface area contributed by atoms with Crippen molar-refractivity contribution in [3.63, 3.8) is 0 Å². The molecule has 1 fully saturated rings. The quantitative estimate of drug-likeness (QED) is 0.923. The third-order valence-corrected chi connectivity index (χ3v) is 4.76. The first-order valence-corrected chi connectivity index (χ1v) is 7.20. The number of aromatic nitrogens is 2. The molecule has 0 atom stereocenters. The summed E-state index contributed by atoms with van der Waals surface area (Å²) in [5.41, 5.74) is 2.09. The van der Waals surface area contributed by atoms with Gasteiger partial charge >= 0.3 is 0 Å². The monoisotopic (exact) mass is 287 g/mol. The Bertz CT molecular complexity index is 677. The van der Waals surface area contributed by atoms with Gasteiger partial charge in [-0.2, -0.15) is 5.10 Å². The van der Waals surface area contributed by atoms with Crippen LogP contribution in [0.5, 0.6) is 0 Å². The number of anilines is 1. The lowest BCUT2D eigenvalue weighted by atomic mass is 9.62. The number of fused-ring (bicyclic) bond motifs is 1. The first-order chi connectivity index (χ1) is 9.69. The van der Waals surface area contributed by atoms with Crippen LogP contribution in [0.4, 0.5) is 5.82 Å². The lowest BCUT2D eigenvalue weighted by Gasteiger charge is -2.41. The van der Waals surface area contributed by atoms with Crippen molar-refractivity contribution in [2.24, 2.45) is 0 Å². The smallest absolute Gasteiger partial charge is 0.247 e. The normalized spacial score (nSPS) is 19.4. The fourth-order valence-corrected chi connectivity index (χ4v) is 3.55. The first kappa shape index (κ1) is 12.0. The molecule has 4 rings (SSSR count). The summed E-state index contributed by atoms with van der Waals surface area (Å²) in [5.74, 6) is 0.794. The third kappa shape index (κ3) is 1.54. The van der Waals surface area contributed by atoms with Crippen molar-refractivity contribution in [3.05, 3.63) is 46.6 Å². The SMILES string of the molecule is O=C1Cn2nc(C3(c4ccccc4Cl)CCC3)cc2N1. The zero-order valence-electron chi connectivity index (χ0n) is 10.9. The highest BCUT2D eigenvalue weighted by Crippen LogP contribution is 2.51. The van der Waals surface area contributed by atoms with Crippen molar-refractivity contribution in [2.75, 3.05) is 5.32 Å². The van der Waals surface area contributed by atoms with Gasteiger partial charge in [-0.3, -0.25) is 4.79 Å². The van der Waals surface area contributed by atoms with E-state index in [-0.39, 0.29) is 11.3 Å². The van der Waals surface area contributed by atoms with E-state index in [9.17, 15) is 4.79 Å². The van der Waals surface area contributed by atoms with Gasteiger partial charge in [0.1, 0.15) is 12.4 Å². The number of hydrogen-bond acceptors (Lipinski definition) is 2. The summed E-state index contributed by atoms with van der Waals surface area (Å²) in [4.78, 5) is 11.3. The molecule has 1 N–H and O–H groups in total. The van der Waals surface area contributed by atoms with Gasteiger partial charge in [0.25, 0.3) is 0 Å². The van der Waals surface area contributed by atoms with Gasteiger partial charge in [0.2, 0.25) is 5.91 Å².